The number of methoxy groups -OCH3 is 2. The van der Waals surface area contributed by atoms with Gasteiger partial charge in [0.2, 0.25) is 0 Å². The summed E-state index contributed by atoms with van der Waals surface area (Å²) >= 11 is 0. The summed E-state index contributed by atoms with van der Waals surface area (Å²) in [5.74, 6) is -0.848. The molecule has 1 saturated heterocycles. The number of rotatable bonds is 5. The fourth-order valence-electron chi connectivity index (χ4n) is 6.72. The van der Waals surface area contributed by atoms with Gasteiger partial charge < -0.3 is 28.5 Å². The minimum atomic E-state index is -2.10. The number of carbonyl (C=O) groups is 1. The minimum Gasteiger partial charge on any atom is -0.506 e. The highest BCUT2D eigenvalue weighted by Crippen LogP contribution is 2.55. The third-order valence-electron chi connectivity index (χ3n) is 8.07. The molecule has 36 heavy (non-hydrogen) atoms. The summed E-state index contributed by atoms with van der Waals surface area (Å²) in [4.78, 5) is 14.2. The van der Waals surface area contributed by atoms with Crippen LogP contribution in [0, 0.1) is 11.8 Å². The highest BCUT2D eigenvalue weighted by Gasteiger charge is 2.66. The zero-order valence-corrected chi connectivity index (χ0v) is 23.5. The molecule has 1 heterocycles. The standard InChI is InChI=1S/C28H38O7Si/c1-15(31-4)28(35-36(6,7)8)14-19-18(25-26(28)34-27(2,3)33-25)13-17-12-16-10-9-11-20(32-5)21(16)24(30)22(17)23(19)29/h9-12,15,18-19,25-26,30H,13-14H2,1-8H3/t15-,18+,19-,25-,26-,28-/m1/s1. The summed E-state index contributed by atoms with van der Waals surface area (Å²) in [6.45, 7) is 12.2. The highest BCUT2D eigenvalue weighted by atomic mass is 28.4. The van der Waals surface area contributed by atoms with E-state index in [1.807, 2.05) is 39.0 Å². The van der Waals surface area contributed by atoms with Crippen molar-refractivity contribution >= 4 is 24.9 Å². The lowest BCUT2D eigenvalue weighted by molar-refractivity contribution is -0.197. The third kappa shape index (κ3) is 3.89. The average molecular weight is 515 g/mol. The molecule has 1 saturated carbocycles. The van der Waals surface area contributed by atoms with E-state index in [0.717, 1.165) is 10.9 Å². The number of hydrogen-bond donors (Lipinski definition) is 1. The van der Waals surface area contributed by atoms with Crippen LogP contribution in [0.15, 0.2) is 24.3 Å². The topological polar surface area (TPSA) is 83.5 Å². The van der Waals surface area contributed by atoms with Gasteiger partial charge in [-0.2, -0.15) is 0 Å². The van der Waals surface area contributed by atoms with Crippen molar-refractivity contribution in [1.29, 1.82) is 0 Å². The zero-order valence-electron chi connectivity index (χ0n) is 22.5. The Labute approximate surface area is 214 Å². The monoisotopic (exact) mass is 514 g/mol. The van der Waals surface area contributed by atoms with E-state index in [-0.39, 0.29) is 35.8 Å². The van der Waals surface area contributed by atoms with Gasteiger partial charge in [0.1, 0.15) is 23.2 Å². The number of hydrogen-bond acceptors (Lipinski definition) is 7. The van der Waals surface area contributed by atoms with Gasteiger partial charge in [0.15, 0.2) is 19.9 Å². The van der Waals surface area contributed by atoms with Crippen LogP contribution in [0.4, 0.5) is 0 Å². The quantitative estimate of drug-likeness (QED) is 0.558. The van der Waals surface area contributed by atoms with Gasteiger partial charge in [-0.15, -0.1) is 0 Å². The molecule has 0 bridgehead atoms. The van der Waals surface area contributed by atoms with E-state index >= 15 is 0 Å². The Morgan fingerprint density at radius 3 is 2.53 bits per heavy atom. The van der Waals surface area contributed by atoms with Crippen molar-refractivity contribution in [3.63, 3.8) is 0 Å². The highest BCUT2D eigenvalue weighted by molar-refractivity contribution is 6.69. The molecule has 1 N–H and O–H groups in total. The lowest BCUT2D eigenvalue weighted by Crippen LogP contribution is -2.67. The molecule has 2 aromatic carbocycles. The molecule has 7 nitrogen and oxygen atoms in total. The first-order valence-electron chi connectivity index (χ1n) is 12.8. The third-order valence-corrected chi connectivity index (χ3v) is 9.06. The first-order chi connectivity index (χ1) is 16.8. The van der Waals surface area contributed by atoms with Crippen molar-refractivity contribution < 1.29 is 33.3 Å². The largest absolute Gasteiger partial charge is 0.506 e. The number of ether oxygens (including phenoxy) is 4. The minimum absolute atomic E-state index is 0.00838. The van der Waals surface area contributed by atoms with E-state index in [1.54, 1.807) is 20.3 Å². The number of fused-ring (bicyclic) bond motifs is 5. The number of phenolic OH excluding ortho intramolecular Hbond substituents is 1. The maximum absolute atomic E-state index is 14.2. The Kier molecular flexibility index (Phi) is 6.08. The smallest absolute Gasteiger partial charge is 0.184 e. The summed E-state index contributed by atoms with van der Waals surface area (Å²) in [5, 5.41) is 12.8. The molecule has 2 aromatic rings. The Bertz CT molecular complexity index is 1200. The van der Waals surface area contributed by atoms with E-state index in [2.05, 4.69) is 19.6 Å². The van der Waals surface area contributed by atoms with Crippen molar-refractivity contribution in [3.8, 4) is 11.5 Å². The second-order valence-corrected chi connectivity index (χ2v) is 16.4. The first-order valence-corrected chi connectivity index (χ1v) is 16.2. The lowest BCUT2D eigenvalue weighted by atomic mass is 9.60. The maximum Gasteiger partial charge on any atom is 0.184 e. The molecular weight excluding hydrogens is 476 g/mol. The molecule has 2 fully saturated rings. The van der Waals surface area contributed by atoms with Crippen LogP contribution < -0.4 is 4.74 Å². The normalized spacial score (nSPS) is 32.1. The van der Waals surface area contributed by atoms with Crippen molar-refractivity contribution in [1.82, 2.24) is 0 Å². The number of phenols is 1. The molecule has 8 heteroatoms. The predicted molar refractivity (Wildman–Crippen MR) is 139 cm³/mol. The molecule has 6 atom stereocenters. The summed E-state index contributed by atoms with van der Waals surface area (Å²) in [6.07, 6.45) is 0.0120. The van der Waals surface area contributed by atoms with Crippen LogP contribution in [0.1, 0.15) is 43.1 Å². The van der Waals surface area contributed by atoms with Crippen molar-refractivity contribution in [2.45, 2.75) is 83.0 Å². The molecule has 0 radical (unpaired) electrons. The Morgan fingerprint density at radius 2 is 1.89 bits per heavy atom. The molecule has 2 aliphatic carbocycles. The van der Waals surface area contributed by atoms with Crippen molar-refractivity contribution in [2.24, 2.45) is 11.8 Å². The molecular formula is C28H38O7Si. The van der Waals surface area contributed by atoms with E-state index in [9.17, 15) is 9.90 Å². The Hall–Kier alpha value is -1.97. The Morgan fingerprint density at radius 1 is 1.17 bits per heavy atom. The number of aromatic hydroxyl groups is 1. The second kappa shape index (κ2) is 8.53. The number of benzene rings is 2. The summed E-state index contributed by atoms with van der Waals surface area (Å²) in [5.41, 5.74) is 0.373. The molecule has 196 valence electrons. The maximum atomic E-state index is 14.2. The lowest BCUT2D eigenvalue weighted by Gasteiger charge is -2.54. The number of Topliss-reactive ketones (excluding diaryl/α,β-unsaturated/α-hetero) is 1. The fourth-order valence-corrected chi connectivity index (χ4v) is 8.22. The molecule has 3 aliphatic rings. The average Bonchev–Trinajstić information content (AvgIpc) is 3.14. The van der Waals surface area contributed by atoms with Crippen LogP contribution in [-0.2, 0) is 25.1 Å². The van der Waals surface area contributed by atoms with Crippen LogP contribution in [0.3, 0.4) is 0 Å². The molecule has 0 spiro atoms. The van der Waals surface area contributed by atoms with Gasteiger partial charge in [0.05, 0.1) is 30.3 Å². The van der Waals surface area contributed by atoms with Crippen LogP contribution in [-0.4, -0.2) is 63.1 Å². The summed E-state index contributed by atoms with van der Waals surface area (Å²) < 4.78 is 31.4. The van der Waals surface area contributed by atoms with E-state index in [1.165, 1.54) is 0 Å². The molecule has 0 unspecified atom stereocenters. The summed E-state index contributed by atoms with van der Waals surface area (Å²) in [6, 6.07) is 7.63. The van der Waals surface area contributed by atoms with Gasteiger partial charge in [-0.1, -0.05) is 18.2 Å². The first kappa shape index (κ1) is 25.7. The summed E-state index contributed by atoms with van der Waals surface area (Å²) in [7, 11) is 1.14. The molecule has 1 aliphatic heterocycles. The van der Waals surface area contributed by atoms with Gasteiger partial charge in [0, 0.05) is 18.9 Å². The van der Waals surface area contributed by atoms with Crippen LogP contribution in [0.25, 0.3) is 10.8 Å². The molecule has 0 amide bonds. The fraction of sp³-hybridized carbons (Fsp3) is 0.607. The van der Waals surface area contributed by atoms with Gasteiger partial charge in [-0.05, 0) is 70.3 Å². The second-order valence-electron chi connectivity index (χ2n) is 11.9. The molecule has 5 rings (SSSR count). The zero-order chi connectivity index (χ0) is 26.2. The Balaban J connectivity index is 1.69. The van der Waals surface area contributed by atoms with E-state index < -0.39 is 25.6 Å². The van der Waals surface area contributed by atoms with Gasteiger partial charge in [0.25, 0.3) is 0 Å². The van der Waals surface area contributed by atoms with E-state index in [0.29, 0.717) is 29.5 Å². The van der Waals surface area contributed by atoms with Gasteiger partial charge in [-0.3, -0.25) is 4.79 Å². The van der Waals surface area contributed by atoms with Crippen LogP contribution in [0.2, 0.25) is 19.6 Å². The molecule has 0 aromatic heterocycles. The van der Waals surface area contributed by atoms with Gasteiger partial charge >= 0.3 is 0 Å². The predicted octanol–water partition coefficient (Wildman–Crippen LogP) is 5.07. The number of carbonyl (C=O) groups excluding carboxylic acids is 1. The number of ketones is 1. The SMILES string of the molecule is COc1cccc2cc3c(c(O)c12)C(=O)[C@@H]1C[C@@](O[Si](C)(C)C)([C@@H](C)OC)[C@@H]2OC(C)(C)O[C@@H]2[C@H]1C3. The van der Waals surface area contributed by atoms with Crippen LogP contribution >= 0.6 is 0 Å². The van der Waals surface area contributed by atoms with Crippen molar-refractivity contribution in [2.75, 3.05) is 14.2 Å². The van der Waals surface area contributed by atoms with Crippen LogP contribution in [0.5, 0.6) is 11.5 Å². The van der Waals surface area contributed by atoms with Gasteiger partial charge in [-0.25, -0.2) is 0 Å². The van der Waals surface area contributed by atoms with E-state index in [4.69, 9.17) is 23.4 Å². The van der Waals surface area contributed by atoms with Crippen molar-refractivity contribution in [3.05, 3.63) is 35.4 Å².